The van der Waals surface area contributed by atoms with Gasteiger partial charge in [0.15, 0.2) is 0 Å². The first kappa shape index (κ1) is 15.4. The maximum atomic E-state index is 12.5. The van der Waals surface area contributed by atoms with Crippen molar-refractivity contribution in [1.29, 1.82) is 10.5 Å². The number of nitrogens with zero attached hydrogens (tertiary/aromatic N) is 4. The van der Waals surface area contributed by atoms with Crippen molar-refractivity contribution < 1.29 is 0 Å². The van der Waals surface area contributed by atoms with Gasteiger partial charge in [-0.1, -0.05) is 24.3 Å². The minimum atomic E-state index is -0.552. The van der Waals surface area contributed by atoms with Crippen molar-refractivity contribution in [3.8, 4) is 34.7 Å². The average Bonchev–Trinajstić information content (AvgIpc) is 3.20. The van der Waals surface area contributed by atoms with Crippen LogP contribution in [0.1, 0.15) is 11.1 Å². The fourth-order valence-corrected chi connectivity index (χ4v) is 2.97. The van der Waals surface area contributed by atoms with E-state index >= 15 is 0 Å². The summed E-state index contributed by atoms with van der Waals surface area (Å²) in [6.07, 6.45) is 0. The molecule has 0 N–H and O–H groups in total. The van der Waals surface area contributed by atoms with Gasteiger partial charge in [-0.25, -0.2) is 9.97 Å². The molecule has 2 aliphatic rings. The quantitative estimate of drug-likeness (QED) is 0.553. The molecular formula is C20H8N4O2. The molecule has 0 unspecified atom stereocenters. The third-order valence-electron chi connectivity index (χ3n) is 4.11. The molecule has 4 rings (SSSR count). The molecule has 2 aromatic carbocycles. The molecular weight excluding hydrogens is 328 g/mol. The molecule has 0 saturated carbocycles. The summed E-state index contributed by atoms with van der Waals surface area (Å²) in [6, 6.07) is 17.1. The Morgan fingerprint density at radius 1 is 0.692 bits per heavy atom. The molecule has 6 nitrogen and oxygen atoms in total. The van der Waals surface area contributed by atoms with Gasteiger partial charge in [0.2, 0.25) is 0 Å². The van der Waals surface area contributed by atoms with E-state index in [1.54, 1.807) is 48.5 Å². The van der Waals surface area contributed by atoms with Crippen LogP contribution >= 0.6 is 0 Å². The lowest BCUT2D eigenvalue weighted by Crippen LogP contribution is -2.04. The third-order valence-corrected chi connectivity index (χ3v) is 4.11. The van der Waals surface area contributed by atoms with Crippen LogP contribution in [0.4, 0.5) is 0 Å². The fourth-order valence-electron chi connectivity index (χ4n) is 2.97. The number of nitriles is 2. The van der Waals surface area contributed by atoms with Gasteiger partial charge in [-0.2, -0.15) is 10.5 Å². The maximum Gasteiger partial charge on any atom is 0.280 e. The highest BCUT2D eigenvalue weighted by Crippen LogP contribution is 2.23. The van der Waals surface area contributed by atoms with Crippen LogP contribution in [0.25, 0.3) is 22.5 Å². The van der Waals surface area contributed by atoms with Crippen molar-refractivity contribution in [1.82, 2.24) is 9.97 Å². The van der Waals surface area contributed by atoms with Crippen molar-refractivity contribution in [3.63, 3.8) is 0 Å². The van der Waals surface area contributed by atoms with Crippen LogP contribution in [0.15, 0.2) is 58.1 Å². The first-order valence-corrected chi connectivity index (χ1v) is 7.64. The molecule has 0 radical (unpaired) electrons. The number of aromatic nitrogens is 2. The second kappa shape index (κ2) is 5.73. The zero-order chi connectivity index (χ0) is 18.3. The van der Waals surface area contributed by atoms with Crippen LogP contribution in [0, 0.1) is 33.1 Å². The molecule has 120 valence electrons. The van der Waals surface area contributed by atoms with Crippen molar-refractivity contribution in [2.24, 2.45) is 0 Å². The van der Waals surface area contributed by atoms with Gasteiger partial charge in [-0.15, -0.1) is 0 Å². The van der Waals surface area contributed by atoms with Gasteiger partial charge in [0.1, 0.15) is 0 Å². The van der Waals surface area contributed by atoms with E-state index in [4.69, 9.17) is 10.5 Å². The van der Waals surface area contributed by atoms with E-state index in [0.29, 0.717) is 22.3 Å². The van der Waals surface area contributed by atoms with Crippen LogP contribution in [-0.4, -0.2) is 9.97 Å². The molecule has 0 fully saturated rings. The lowest BCUT2D eigenvalue weighted by Gasteiger charge is -1.96. The molecule has 6 heteroatoms. The zero-order valence-electron chi connectivity index (χ0n) is 13.2. The summed E-state index contributed by atoms with van der Waals surface area (Å²) in [7, 11) is 0. The average molecular weight is 336 g/mol. The van der Waals surface area contributed by atoms with Crippen LogP contribution in [0.2, 0.25) is 0 Å². The lowest BCUT2D eigenvalue weighted by atomic mass is 10.1. The zero-order valence-corrected chi connectivity index (χ0v) is 13.2. The third kappa shape index (κ3) is 2.26. The molecule has 26 heavy (non-hydrogen) atoms. The van der Waals surface area contributed by atoms with Crippen LogP contribution in [-0.2, 0) is 0 Å². The van der Waals surface area contributed by atoms with E-state index in [2.05, 4.69) is 9.97 Å². The largest absolute Gasteiger partial charge is 0.280 e. The first-order chi connectivity index (χ1) is 12.6. The van der Waals surface area contributed by atoms with Gasteiger partial charge in [-0.3, -0.25) is 9.59 Å². The second-order valence-corrected chi connectivity index (χ2v) is 5.67. The van der Waals surface area contributed by atoms with Crippen LogP contribution in [0.5, 0.6) is 0 Å². The minimum absolute atomic E-state index is 0.141. The van der Waals surface area contributed by atoms with Gasteiger partial charge in [0.25, 0.3) is 11.1 Å². The normalized spacial score (nSPS) is 10.5. The Labute approximate surface area is 146 Å². The van der Waals surface area contributed by atoms with Gasteiger partial charge in [-0.05, 0) is 24.3 Å². The molecule has 2 aromatic rings. The van der Waals surface area contributed by atoms with E-state index < -0.39 is 11.1 Å². The summed E-state index contributed by atoms with van der Waals surface area (Å²) in [6.45, 7) is 0. The second-order valence-electron chi connectivity index (χ2n) is 5.67. The molecule has 2 aliphatic heterocycles. The van der Waals surface area contributed by atoms with Crippen LogP contribution < -0.4 is 11.1 Å². The predicted octanol–water partition coefficient (Wildman–Crippen LogP) is 1.87. The minimum Gasteiger partial charge on any atom is -0.267 e. The SMILES string of the molecule is N#Cc1cccc(-c2nc(=O)c3c(-c4cccc(C#N)c4)nc(=O)c2=3)c1. The summed E-state index contributed by atoms with van der Waals surface area (Å²) < 4.78 is 0. The Balaban J connectivity index is 2.06. The summed E-state index contributed by atoms with van der Waals surface area (Å²) in [5.41, 5.74) is 1.18. The number of rotatable bonds is 2. The van der Waals surface area contributed by atoms with Crippen molar-refractivity contribution in [2.45, 2.75) is 0 Å². The maximum absolute atomic E-state index is 12.5. The molecule has 0 spiro atoms. The van der Waals surface area contributed by atoms with E-state index in [-0.39, 0.29) is 21.8 Å². The Hall–Kier alpha value is -4.16. The van der Waals surface area contributed by atoms with Crippen molar-refractivity contribution in [3.05, 3.63) is 90.8 Å². The topological polar surface area (TPSA) is 108 Å². The highest BCUT2D eigenvalue weighted by molar-refractivity contribution is 5.68. The Morgan fingerprint density at radius 3 is 1.50 bits per heavy atom. The lowest BCUT2D eigenvalue weighted by molar-refractivity contribution is 1.23. The summed E-state index contributed by atoms with van der Waals surface area (Å²) in [5, 5.41) is 18.4. The fraction of sp³-hybridized carbons (Fsp3) is 0. The van der Waals surface area contributed by atoms with E-state index in [0.717, 1.165) is 0 Å². The molecule has 2 heterocycles. The van der Waals surface area contributed by atoms with E-state index in [1.807, 2.05) is 12.1 Å². The highest BCUT2D eigenvalue weighted by atomic mass is 16.1. The molecule has 0 saturated heterocycles. The summed E-state index contributed by atoms with van der Waals surface area (Å²) in [5.74, 6) is 0. The Bertz CT molecular complexity index is 1290. The molecule has 0 atom stereocenters. The van der Waals surface area contributed by atoms with Crippen molar-refractivity contribution in [2.75, 3.05) is 0 Å². The van der Waals surface area contributed by atoms with Gasteiger partial charge < -0.3 is 0 Å². The summed E-state index contributed by atoms with van der Waals surface area (Å²) >= 11 is 0. The molecule has 0 aliphatic carbocycles. The van der Waals surface area contributed by atoms with Gasteiger partial charge in [0, 0.05) is 11.1 Å². The predicted molar refractivity (Wildman–Crippen MR) is 92.5 cm³/mol. The molecule has 0 bridgehead atoms. The Morgan fingerprint density at radius 2 is 1.12 bits per heavy atom. The standard InChI is InChI=1S/C20H8N4O2/c21-9-11-3-1-5-13(7-11)17-15-16(20(26)23-17)18(24-19(15)25)14-6-2-4-12(8-14)10-22/h1-8H. The number of hydrogen-bond donors (Lipinski definition) is 0. The number of benzene rings is 2. The number of hydrogen-bond acceptors (Lipinski definition) is 6. The van der Waals surface area contributed by atoms with E-state index in [1.165, 1.54) is 0 Å². The molecule has 0 amide bonds. The smallest absolute Gasteiger partial charge is 0.267 e. The monoisotopic (exact) mass is 336 g/mol. The first-order valence-electron chi connectivity index (χ1n) is 7.64. The highest BCUT2D eigenvalue weighted by Gasteiger charge is 2.19. The Kier molecular flexibility index (Phi) is 3.39. The van der Waals surface area contributed by atoms with Crippen molar-refractivity contribution >= 4 is 0 Å². The van der Waals surface area contributed by atoms with Gasteiger partial charge in [0.05, 0.1) is 45.1 Å². The van der Waals surface area contributed by atoms with Crippen LogP contribution in [0.3, 0.4) is 0 Å². The van der Waals surface area contributed by atoms with Gasteiger partial charge >= 0.3 is 0 Å². The molecule has 0 aromatic heterocycles. The summed E-state index contributed by atoms with van der Waals surface area (Å²) in [4.78, 5) is 33.0. The van der Waals surface area contributed by atoms with E-state index in [9.17, 15) is 9.59 Å².